The number of carboxylic acid groups (broad SMARTS) is 1. The first-order valence-corrected chi connectivity index (χ1v) is 11.5. The van der Waals surface area contributed by atoms with Crippen molar-refractivity contribution < 1.29 is 27.8 Å². The third-order valence-corrected chi connectivity index (χ3v) is 6.51. The topological polar surface area (TPSA) is 64.4 Å². The lowest BCUT2D eigenvalue weighted by Gasteiger charge is -2.39. The van der Waals surface area contributed by atoms with Crippen LogP contribution in [-0.4, -0.2) is 27.0 Å². The molecule has 2 atom stereocenters. The van der Waals surface area contributed by atoms with Crippen molar-refractivity contribution in [1.82, 2.24) is 9.55 Å². The molecule has 0 bridgehead atoms. The van der Waals surface area contributed by atoms with Gasteiger partial charge < -0.3 is 14.4 Å². The predicted octanol–water partition coefficient (Wildman–Crippen LogP) is 6.69. The van der Waals surface area contributed by atoms with E-state index in [0.717, 1.165) is 36.3 Å². The van der Waals surface area contributed by atoms with E-state index in [1.807, 2.05) is 0 Å². The van der Waals surface area contributed by atoms with Crippen molar-refractivity contribution in [2.45, 2.75) is 59.4 Å². The molecule has 4 rings (SSSR count). The van der Waals surface area contributed by atoms with Gasteiger partial charge in [0, 0.05) is 13.0 Å². The molecule has 182 valence electrons. The molecule has 0 spiro atoms. The fraction of sp³-hybridized carbons (Fsp3) is 0.462. The Balaban J connectivity index is 1.66. The molecule has 0 aliphatic heterocycles. The van der Waals surface area contributed by atoms with E-state index in [4.69, 9.17) is 4.98 Å². The van der Waals surface area contributed by atoms with Crippen molar-refractivity contribution in [2.24, 2.45) is 17.3 Å². The molecule has 2 aromatic carbocycles. The van der Waals surface area contributed by atoms with E-state index >= 15 is 0 Å². The summed E-state index contributed by atoms with van der Waals surface area (Å²) in [5.41, 5.74) is 2.69. The molecule has 5 nitrogen and oxygen atoms in total. The normalized spacial score (nSPS) is 20.4. The van der Waals surface area contributed by atoms with Gasteiger partial charge in [-0.2, -0.15) is 0 Å². The Morgan fingerprint density at radius 3 is 2.50 bits per heavy atom. The quantitative estimate of drug-likeness (QED) is 0.433. The van der Waals surface area contributed by atoms with E-state index in [1.165, 1.54) is 18.6 Å². The zero-order valence-electron chi connectivity index (χ0n) is 19.5. The highest BCUT2D eigenvalue weighted by Gasteiger charge is 2.33. The zero-order valence-corrected chi connectivity index (χ0v) is 19.5. The average molecular weight is 475 g/mol. The van der Waals surface area contributed by atoms with Crippen LogP contribution in [0.3, 0.4) is 0 Å². The van der Waals surface area contributed by atoms with Crippen molar-refractivity contribution >= 4 is 17.0 Å². The molecule has 1 aromatic heterocycles. The molecule has 1 heterocycles. The van der Waals surface area contributed by atoms with Crippen molar-refractivity contribution in [1.29, 1.82) is 0 Å². The number of carbonyl (C=O) groups is 1. The summed E-state index contributed by atoms with van der Waals surface area (Å²) in [4.78, 5) is 16.2. The number of aromatic carboxylic acids is 1. The molecule has 0 radical (unpaired) electrons. The van der Waals surface area contributed by atoms with Gasteiger partial charge in [-0.3, -0.25) is 0 Å². The highest BCUT2D eigenvalue weighted by molar-refractivity contribution is 5.92. The fourth-order valence-corrected chi connectivity index (χ4v) is 5.58. The van der Waals surface area contributed by atoms with Crippen molar-refractivity contribution in [3.63, 3.8) is 0 Å². The Labute approximate surface area is 196 Å². The number of hydrogen-bond acceptors (Lipinski definition) is 3. The number of carboxylic acids is 1. The first kappa shape index (κ1) is 24.1. The number of fused-ring (bicyclic) bond motifs is 1. The first-order valence-electron chi connectivity index (χ1n) is 11.5. The lowest BCUT2D eigenvalue weighted by atomic mass is 9.68. The van der Waals surface area contributed by atoms with Crippen LogP contribution in [-0.2, 0) is 13.0 Å². The van der Waals surface area contributed by atoms with E-state index in [1.54, 1.807) is 30.3 Å². The maximum atomic E-state index is 12.5. The number of aromatic nitrogens is 2. The van der Waals surface area contributed by atoms with Crippen molar-refractivity contribution in [2.75, 3.05) is 0 Å². The number of halogens is 3. The van der Waals surface area contributed by atoms with Crippen LogP contribution < -0.4 is 4.74 Å². The summed E-state index contributed by atoms with van der Waals surface area (Å²) in [5.74, 6) is 0.553. The number of hydrogen-bond donors (Lipinski definition) is 1. The summed E-state index contributed by atoms with van der Waals surface area (Å²) in [6.07, 6.45) is -0.932. The van der Waals surface area contributed by atoms with Gasteiger partial charge in [-0.1, -0.05) is 32.9 Å². The Kier molecular flexibility index (Phi) is 6.36. The maximum absolute atomic E-state index is 12.5. The molecular weight excluding hydrogens is 445 g/mol. The van der Waals surface area contributed by atoms with Crippen LogP contribution >= 0.6 is 0 Å². The number of alkyl halides is 3. The van der Waals surface area contributed by atoms with Gasteiger partial charge in [0.25, 0.3) is 0 Å². The van der Waals surface area contributed by atoms with Gasteiger partial charge in [-0.05, 0) is 72.4 Å². The molecule has 34 heavy (non-hydrogen) atoms. The van der Waals surface area contributed by atoms with Gasteiger partial charge in [-0.25, -0.2) is 9.78 Å². The Morgan fingerprint density at radius 1 is 1.18 bits per heavy atom. The number of ether oxygens (including phenoxy) is 1. The van der Waals surface area contributed by atoms with Crippen LogP contribution in [0.2, 0.25) is 0 Å². The highest BCUT2D eigenvalue weighted by Crippen LogP contribution is 2.42. The second kappa shape index (κ2) is 8.96. The van der Waals surface area contributed by atoms with Crippen molar-refractivity contribution in [3.05, 3.63) is 59.4 Å². The van der Waals surface area contributed by atoms with E-state index in [-0.39, 0.29) is 16.7 Å². The van der Waals surface area contributed by atoms with E-state index in [0.29, 0.717) is 23.8 Å². The Morgan fingerprint density at radius 2 is 1.88 bits per heavy atom. The molecule has 8 heteroatoms. The summed E-state index contributed by atoms with van der Waals surface area (Å²) in [7, 11) is 0. The van der Waals surface area contributed by atoms with Crippen LogP contribution in [0.4, 0.5) is 13.2 Å². The van der Waals surface area contributed by atoms with Crippen LogP contribution in [0.25, 0.3) is 11.0 Å². The third kappa shape index (κ3) is 5.72. The van der Waals surface area contributed by atoms with Gasteiger partial charge in [0.1, 0.15) is 11.6 Å². The minimum Gasteiger partial charge on any atom is -0.478 e. The van der Waals surface area contributed by atoms with Gasteiger partial charge in [0.2, 0.25) is 0 Å². The standard InChI is InChI=1S/C26H29F3N2O3/c1-16-10-18(14-25(2,3)13-16)15-31-22-9-6-19(24(32)33)12-21(22)30-23(31)11-17-4-7-20(8-5-17)34-26(27,28)29/h4-9,12,16,18H,10-11,13-15H2,1-3H3,(H,32,33)/t16-,18+/m0/s1. The zero-order chi connectivity index (χ0) is 24.7. The SMILES string of the molecule is C[C@H]1C[C@@H](Cn2c(Cc3ccc(OC(F)(F)F)cc3)nc3cc(C(=O)O)ccc32)CC(C)(C)C1. The molecule has 0 saturated heterocycles. The van der Waals surface area contributed by atoms with Gasteiger partial charge >= 0.3 is 12.3 Å². The third-order valence-electron chi connectivity index (χ3n) is 6.51. The molecule has 0 unspecified atom stereocenters. The van der Waals surface area contributed by atoms with Gasteiger partial charge in [0.05, 0.1) is 16.6 Å². The summed E-state index contributed by atoms with van der Waals surface area (Å²) in [6.45, 7) is 7.64. The molecule has 1 fully saturated rings. The second-order valence-electron chi connectivity index (χ2n) is 10.3. The molecule has 0 amide bonds. The minimum atomic E-state index is -4.73. The smallest absolute Gasteiger partial charge is 0.478 e. The number of nitrogens with zero attached hydrogens (tertiary/aromatic N) is 2. The largest absolute Gasteiger partial charge is 0.573 e. The molecule has 1 N–H and O–H groups in total. The fourth-order valence-electron chi connectivity index (χ4n) is 5.58. The summed E-state index contributed by atoms with van der Waals surface area (Å²) in [6, 6.07) is 10.7. The average Bonchev–Trinajstić information content (AvgIpc) is 3.03. The molecule has 1 aliphatic rings. The first-order chi connectivity index (χ1) is 15.9. The number of benzene rings is 2. The minimum absolute atomic E-state index is 0.171. The van der Waals surface area contributed by atoms with Crippen molar-refractivity contribution in [3.8, 4) is 5.75 Å². The van der Waals surface area contributed by atoms with E-state index < -0.39 is 12.3 Å². The lowest BCUT2D eigenvalue weighted by molar-refractivity contribution is -0.274. The van der Waals surface area contributed by atoms with Gasteiger partial charge in [-0.15, -0.1) is 13.2 Å². The number of rotatable bonds is 6. The second-order valence-corrected chi connectivity index (χ2v) is 10.3. The predicted molar refractivity (Wildman–Crippen MR) is 123 cm³/mol. The van der Waals surface area contributed by atoms with E-state index in [9.17, 15) is 23.1 Å². The highest BCUT2D eigenvalue weighted by atomic mass is 19.4. The Bertz CT molecular complexity index is 1180. The van der Waals surface area contributed by atoms with Crippen LogP contribution in [0.1, 0.15) is 61.8 Å². The van der Waals surface area contributed by atoms with Gasteiger partial charge in [0.15, 0.2) is 0 Å². The maximum Gasteiger partial charge on any atom is 0.573 e. The monoisotopic (exact) mass is 474 g/mol. The number of imidazole rings is 1. The summed E-state index contributed by atoms with van der Waals surface area (Å²) >= 11 is 0. The van der Waals surface area contributed by atoms with E-state index in [2.05, 4.69) is 30.1 Å². The summed E-state index contributed by atoms with van der Waals surface area (Å²) < 4.78 is 43.6. The van der Waals surface area contributed by atoms with Crippen LogP contribution in [0, 0.1) is 17.3 Å². The molecule has 1 aliphatic carbocycles. The van der Waals surface area contributed by atoms with Crippen LogP contribution in [0.5, 0.6) is 5.75 Å². The molecular formula is C26H29F3N2O3. The Hall–Kier alpha value is -3.03. The molecule has 3 aromatic rings. The lowest BCUT2D eigenvalue weighted by Crippen LogP contribution is -2.30. The summed E-state index contributed by atoms with van der Waals surface area (Å²) in [5, 5.41) is 9.38. The molecule has 1 saturated carbocycles. The van der Waals surface area contributed by atoms with Crippen LogP contribution in [0.15, 0.2) is 42.5 Å².